The molecule has 2 aliphatic heterocycles. The lowest BCUT2D eigenvalue weighted by Gasteiger charge is -2.35. The maximum Gasteiger partial charge on any atom is 0.309 e. The van der Waals surface area contributed by atoms with Crippen LogP contribution in [0.5, 0.6) is 5.75 Å². The van der Waals surface area contributed by atoms with Crippen molar-refractivity contribution in [2.75, 3.05) is 19.7 Å². The van der Waals surface area contributed by atoms with Crippen molar-refractivity contribution in [2.24, 2.45) is 11.8 Å². The SMILES string of the molecule is CC(C)Oc1cccnc1C(=O)N1CCC([C@@H]2OCCC2C(=O)O)CC1. The molecule has 2 atom stereocenters. The molecule has 1 amide bonds. The highest BCUT2D eigenvalue weighted by Crippen LogP contribution is 2.33. The minimum absolute atomic E-state index is 0.0380. The monoisotopic (exact) mass is 362 g/mol. The summed E-state index contributed by atoms with van der Waals surface area (Å²) in [4.78, 5) is 30.2. The van der Waals surface area contributed by atoms with E-state index in [1.54, 1.807) is 23.2 Å². The molecule has 0 aliphatic carbocycles. The van der Waals surface area contributed by atoms with Gasteiger partial charge in [-0.05, 0) is 51.2 Å². The van der Waals surface area contributed by atoms with E-state index in [1.807, 2.05) is 13.8 Å². The molecule has 0 spiro atoms. The Hall–Kier alpha value is -2.15. The first-order chi connectivity index (χ1) is 12.5. The topological polar surface area (TPSA) is 89.0 Å². The predicted molar refractivity (Wildman–Crippen MR) is 94.1 cm³/mol. The van der Waals surface area contributed by atoms with Crippen LogP contribution in [-0.4, -0.2) is 58.8 Å². The van der Waals surface area contributed by atoms with Gasteiger partial charge in [0.1, 0.15) is 0 Å². The van der Waals surface area contributed by atoms with Crippen molar-refractivity contribution < 1.29 is 24.2 Å². The fourth-order valence-electron chi connectivity index (χ4n) is 3.82. The van der Waals surface area contributed by atoms with Crippen molar-refractivity contribution in [2.45, 2.75) is 45.3 Å². The molecule has 1 N–H and O–H groups in total. The quantitative estimate of drug-likeness (QED) is 0.864. The van der Waals surface area contributed by atoms with Crippen molar-refractivity contribution in [3.63, 3.8) is 0 Å². The number of amides is 1. The number of pyridine rings is 1. The average Bonchev–Trinajstić information content (AvgIpc) is 3.11. The summed E-state index contributed by atoms with van der Waals surface area (Å²) in [5.74, 6) is -0.668. The smallest absolute Gasteiger partial charge is 0.309 e. The molecule has 2 saturated heterocycles. The number of hydrogen-bond donors (Lipinski definition) is 1. The van der Waals surface area contributed by atoms with Gasteiger partial charge in [0.05, 0.1) is 18.1 Å². The van der Waals surface area contributed by atoms with Gasteiger partial charge in [-0.25, -0.2) is 4.98 Å². The Balaban J connectivity index is 1.63. The number of carbonyl (C=O) groups is 2. The van der Waals surface area contributed by atoms with Gasteiger partial charge in [0.15, 0.2) is 11.4 Å². The molecule has 0 bridgehead atoms. The Bertz CT molecular complexity index is 655. The number of aromatic nitrogens is 1. The number of aliphatic carboxylic acids is 1. The molecule has 2 aliphatic rings. The Labute approximate surface area is 153 Å². The van der Waals surface area contributed by atoms with Gasteiger partial charge in [-0.2, -0.15) is 0 Å². The molecule has 0 aromatic carbocycles. The molecule has 0 saturated carbocycles. The second-order valence-corrected chi connectivity index (χ2v) is 7.22. The molecule has 1 aromatic heterocycles. The lowest BCUT2D eigenvalue weighted by atomic mass is 9.84. The van der Waals surface area contributed by atoms with Crippen molar-refractivity contribution in [3.05, 3.63) is 24.0 Å². The molecular weight excluding hydrogens is 336 g/mol. The van der Waals surface area contributed by atoms with Crippen molar-refractivity contribution in [1.29, 1.82) is 0 Å². The van der Waals surface area contributed by atoms with Crippen LogP contribution in [-0.2, 0) is 9.53 Å². The Morgan fingerprint density at radius 3 is 2.69 bits per heavy atom. The Morgan fingerprint density at radius 2 is 2.04 bits per heavy atom. The first kappa shape index (κ1) is 18.6. The summed E-state index contributed by atoms with van der Waals surface area (Å²) in [5.41, 5.74) is 0.333. The summed E-state index contributed by atoms with van der Waals surface area (Å²) < 4.78 is 11.4. The van der Waals surface area contributed by atoms with Crippen LogP contribution in [0.15, 0.2) is 18.3 Å². The number of carboxylic acids is 1. The number of rotatable bonds is 5. The standard InChI is InChI=1S/C19H26N2O5/c1-12(2)26-15-4-3-8-20-16(15)18(22)21-9-5-13(6-10-21)17-14(19(23)24)7-11-25-17/h3-4,8,12-14,17H,5-7,9-11H2,1-2H3,(H,23,24)/t14?,17-/m0/s1. The summed E-state index contributed by atoms with van der Waals surface area (Å²) >= 11 is 0. The van der Waals surface area contributed by atoms with Crippen LogP contribution >= 0.6 is 0 Å². The second-order valence-electron chi connectivity index (χ2n) is 7.22. The van der Waals surface area contributed by atoms with E-state index in [1.165, 1.54) is 0 Å². The minimum Gasteiger partial charge on any atom is -0.489 e. The van der Waals surface area contributed by atoms with Gasteiger partial charge in [0.25, 0.3) is 5.91 Å². The minimum atomic E-state index is -0.782. The summed E-state index contributed by atoms with van der Waals surface area (Å²) in [5, 5.41) is 9.34. The number of carboxylic acid groups (broad SMARTS) is 1. The molecule has 7 nitrogen and oxygen atoms in total. The molecule has 7 heteroatoms. The molecule has 1 unspecified atom stereocenters. The van der Waals surface area contributed by atoms with E-state index in [-0.39, 0.29) is 24.0 Å². The third kappa shape index (κ3) is 3.98. The third-order valence-electron chi connectivity index (χ3n) is 5.08. The van der Waals surface area contributed by atoms with E-state index in [9.17, 15) is 14.7 Å². The number of piperidine rings is 1. The number of carbonyl (C=O) groups excluding carboxylic acids is 1. The van der Waals surface area contributed by atoms with E-state index in [2.05, 4.69) is 4.98 Å². The largest absolute Gasteiger partial charge is 0.489 e. The number of likely N-dealkylation sites (tertiary alicyclic amines) is 1. The van der Waals surface area contributed by atoms with Crippen LogP contribution in [0.2, 0.25) is 0 Å². The fraction of sp³-hybridized carbons (Fsp3) is 0.632. The van der Waals surface area contributed by atoms with Gasteiger partial charge in [-0.3, -0.25) is 9.59 Å². The van der Waals surface area contributed by atoms with Gasteiger partial charge in [-0.1, -0.05) is 0 Å². The van der Waals surface area contributed by atoms with E-state index < -0.39 is 11.9 Å². The van der Waals surface area contributed by atoms with E-state index >= 15 is 0 Å². The highest BCUT2D eigenvalue weighted by molar-refractivity contribution is 5.95. The highest BCUT2D eigenvalue weighted by Gasteiger charge is 2.41. The normalized spacial score (nSPS) is 24.0. The van der Waals surface area contributed by atoms with Crippen molar-refractivity contribution in [1.82, 2.24) is 9.88 Å². The molecule has 3 rings (SSSR count). The summed E-state index contributed by atoms with van der Waals surface area (Å²) in [6.07, 6.45) is 3.38. The molecule has 2 fully saturated rings. The second kappa shape index (κ2) is 8.03. The highest BCUT2D eigenvalue weighted by atomic mass is 16.5. The van der Waals surface area contributed by atoms with Gasteiger partial charge in [-0.15, -0.1) is 0 Å². The zero-order valence-corrected chi connectivity index (χ0v) is 15.3. The van der Waals surface area contributed by atoms with Crippen LogP contribution < -0.4 is 4.74 Å². The van der Waals surface area contributed by atoms with Gasteiger partial charge in [0.2, 0.25) is 0 Å². The third-order valence-corrected chi connectivity index (χ3v) is 5.08. The predicted octanol–water partition coefficient (Wildman–Crippen LogP) is 2.21. The van der Waals surface area contributed by atoms with Crippen molar-refractivity contribution in [3.8, 4) is 5.75 Å². The molecule has 26 heavy (non-hydrogen) atoms. The summed E-state index contributed by atoms with van der Waals surface area (Å²) in [7, 11) is 0. The first-order valence-corrected chi connectivity index (χ1v) is 9.22. The molecule has 0 radical (unpaired) electrons. The summed E-state index contributed by atoms with van der Waals surface area (Å²) in [6, 6.07) is 3.51. The molecular formula is C19H26N2O5. The first-order valence-electron chi connectivity index (χ1n) is 9.22. The van der Waals surface area contributed by atoms with Crippen LogP contribution in [0.1, 0.15) is 43.6 Å². The van der Waals surface area contributed by atoms with E-state index in [0.717, 1.165) is 12.8 Å². The Morgan fingerprint density at radius 1 is 1.31 bits per heavy atom. The van der Waals surface area contributed by atoms with Gasteiger partial charge in [0, 0.05) is 25.9 Å². The number of hydrogen-bond acceptors (Lipinski definition) is 5. The zero-order chi connectivity index (χ0) is 18.7. The number of nitrogens with zero attached hydrogens (tertiary/aromatic N) is 2. The average molecular weight is 362 g/mol. The summed E-state index contributed by atoms with van der Waals surface area (Å²) in [6.45, 7) is 5.48. The molecule has 3 heterocycles. The fourth-order valence-corrected chi connectivity index (χ4v) is 3.82. The van der Waals surface area contributed by atoms with Crippen LogP contribution in [0.3, 0.4) is 0 Å². The lowest BCUT2D eigenvalue weighted by molar-refractivity contribution is -0.145. The van der Waals surface area contributed by atoms with Crippen molar-refractivity contribution >= 4 is 11.9 Å². The maximum atomic E-state index is 12.9. The van der Waals surface area contributed by atoms with Crippen LogP contribution in [0.25, 0.3) is 0 Å². The maximum absolute atomic E-state index is 12.9. The van der Waals surface area contributed by atoms with E-state index in [4.69, 9.17) is 9.47 Å². The van der Waals surface area contributed by atoms with Gasteiger partial charge >= 0.3 is 5.97 Å². The lowest BCUT2D eigenvalue weighted by Crippen LogP contribution is -2.43. The Kier molecular flexibility index (Phi) is 5.76. The molecule has 1 aromatic rings. The van der Waals surface area contributed by atoms with Gasteiger partial charge < -0.3 is 19.5 Å². The molecule has 142 valence electrons. The zero-order valence-electron chi connectivity index (χ0n) is 15.3. The van der Waals surface area contributed by atoms with Crippen LogP contribution in [0, 0.1) is 11.8 Å². The van der Waals surface area contributed by atoms with E-state index in [0.29, 0.717) is 37.6 Å². The number of ether oxygens (including phenoxy) is 2. The van der Waals surface area contributed by atoms with Crippen LogP contribution in [0.4, 0.5) is 0 Å².